The standard InChI is InChI=1S/C23H24N2O4/c1-16-6-9-18(10-7-16)28-13-14-29-23(27)17-8-11-19-20(15-17)24-21-5-3-2-4-12-25(21)22(19)26/h6-11,15H,2-5,12-14H2,1H3. The van der Waals surface area contributed by atoms with E-state index in [-0.39, 0.29) is 18.8 Å². The quantitative estimate of drug-likeness (QED) is 0.489. The fourth-order valence-electron chi connectivity index (χ4n) is 3.56. The molecule has 2 heterocycles. The molecule has 150 valence electrons. The molecule has 0 bridgehead atoms. The van der Waals surface area contributed by atoms with Crippen molar-refractivity contribution in [2.75, 3.05) is 13.2 Å². The Morgan fingerprint density at radius 2 is 1.90 bits per heavy atom. The Morgan fingerprint density at radius 3 is 2.72 bits per heavy atom. The molecular formula is C23H24N2O4. The van der Waals surface area contributed by atoms with Crippen LogP contribution >= 0.6 is 0 Å². The highest BCUT2D eigenvalue weighted by molar-refractivity contribution is 5.94. The number of ether oxygens (including phenoxy) is 2. The lowest BCUT2D eigenvalue weighted by molar-refractivity contribution is 0.0450. The molecule has 0 amide bonds. The maximum absolute atomic E-state index is 12.8. The van der Waals surface area contributed by atoms with Gasteiger partial charge in [-0.05, 0) is 50.1 Å². The van der Waals surface area contributed by atoms with Crippen LogP contribution in [-0.2, 0) is 17.7 Å². The molecule has 1 aliphatic heterocycles. The molecule has 3 aromatic rings. The number of fused-ring (bicyclic) bond motifs is 2. The summed E-state index contributed by atoms with van der Waals surface area (Å²) in [6.45, 7) is 3.14. The molecule has 0 N–H and O–H groups in total. The number of nitrogens with zero attached hydrogens (tertiary/aromatic N) is 2. The number of aromatic nitrogens is 2. The summed E-state index contributed by atoms with van der Waals surface area (Å²) < 4.78 is 12.7. The first kappa shape index (κ1) is 19.2. The van der Waals surface area contributed by atoms with Crippen molar-refractivity contribution in [2.24, 2.45) is 0 Å². The van der Waals surface area contributed by atoms with Crippen LogP contribution in [0, 0.1) is 6.92 Å². The fourth-order valence-corrected chi connectivity index (χ4v) is 3.56. The molecule has 4 rings (SSSR count). The monoisotopic (exact) mass is 392 g/mol. The Balaban J connectivity index is 1.43. The summed E-state index contributed by atoms with van der Waals surface area (Å²) in [5, 5.41) is 0.537. The van der Waals surface area contributed by atoms with Crippen LogP contribution < -0.4 is 10.3 Å². The summed E-state index contributed by atoms with van der Waals surface area (Å²) in [4.78, 5) is 29.8. The van der Waals surface area contributed by atoms with Crippen LogP contribution in [-0.4, -0.2) is 28.7 Å². The van der Waals surface area contributed by atoms with Gasteiger partial charge in [0.1, 0.15) is 24.8 Å². The summed E-state index contributed by atoms with van der Waals surface area (Å²) in [6.07, 6.45) is 3.91. The average molecular weight is 392 g/mol. The van der Waals surface area contributed by atoms with Gasteiger partial charge in [0.15, 0.2) is 0 Å². The van der Waals surface area contributed by atoms with Crippen molar-refractivity contribution in [1.29, 1.82) is 0 Å². The first-order valence-corrected chi connectivity index (χ1v) is 10.0. The van der Waals surface area contributed by atoms with E-state index in [1.54, 1.807) is 22.8 Å². The van der Waals surface area contributed by atoms with Gasteiger partial charge in [-0.25, -0.2) is 9.78 Å². The van der Waals surface area contributed by atoms with Crippen molar-refractivity contribution in [3.05, 3.63) is 69.8 Å². The minimum Gasteiger partial charge on any atom is -0.490 e. The highest BCUT2D eigenvalue weighted by Gasteiger charge is 2.15. The Labute approximate surface area is 169 Å². The average Bonchev–Trinajstić information content (AvgIpc) is 2.98. The zero-order chi connectivity index (χ0) is 20.2. The highest BCUT2D eigenvalue weighted by atomic mass is 16.6. The minimum atomic E-state index is -0.448. The first-order chi connectivity index (χ1) is 14.1. The lowest BCUT2D eigenvalue weighted by Crippen LogP contribution is -2.24. The van der Waals surface area contributed by atoms with Crippen molar-refractivity contribution in [1.82, 2.24) is 9.55 Å². The van der Waals surface area contributed by atoms with E-state index >= 15 is 0 Å². The zero-order valence-corrected chi connectivity index (χ0v) is 16.5. The summed E-state index contributed by atoms with van der Waals surface area (Å²) >= 11 is 0. The molecule has 29 heavy (non-hydrogen) atoms. The van der Waals surface area contributed by atoms with Gasteiger partial charge in [0.25, 0.3) is 5.56 Å². The zero-order valence-electron chi connectivity index (χ0n) is 16.5. The summed E-state index contributed by atoms with van der Waals surface area (Å²) in [5.74, 6) is 1.09. The van der Waals surface area contributed by atoms with Crippen molar-refractivity contribution in [2.45, 2.75) is 39.2 Å². The summed E-state index contributed by atoms with van der Waals surface area (Å²) in [6, 6.07) is 12.6. The molecule has 0 saturated carbocycles. The third kappa shape index (κ3) is 4.31. The number of hydrogen-bond donors (Lipinski definition) is 0. The number of carbonyl (C=O) groups is 1. The van der Waals surface area contributed by atoms with Crippen molar-refractivity contribution >= 4 is 16.9 Å². The predicted octanol–water partition coefficient (Wildman–Crippen LogP) is 3.67. The Hall–Kier alpha value is -3.15. The maximum atomic E-state index is 12.8. The number of esters is 1. The normalized spacial score (nSPS) is 13.6. The van der Waals surface area contributed by atoms with E-state index in [1.807, 2.05) is 31.2 Å². The molecule has 0 fully saturated rings. The molecule has 6 heteroatoms. The SMILES string of the molecule is Cc1ccc(OCCOC(=O)c2ccc3c(=O)n4c(nc3c2)CCCCC4)cc1. The third-order valence-corrected chi connectivity index (χ3v) is 5.16. The number of carbonyl (C=O) groups excluding carboxylic acids is 1. The summed E-state index contributed by atoms with van der Waals surface area (Å²) in [7, 11) is 0. The largest absolute Gasteiger partial charge is 0.490 e. The number of aryl methyl sites for hydroxylation is 2. The lowest BCUT2D eigenvalue weighted by atomic mass is 10.1. The fraction of sp³-hybridized carbons (Fsp3) is 0.348. The topological polar surface area (TPSA) is 70.4 Å². The van der Waals surface area contributed by atoms with Crippen molar-refractivity contribution in [3.8, 4) is 5.75 Å². The Morgan fingerprint density at radius 1 is 1.07 bits per heavy atom. The highest BCUT2D eigenvalue weighted by Crippen LogP contribution is 2.17. The van der Waals surface area contributed by atoms with Gasteiger partial charge in [-0.3, -0.25) is 9.36 Å². The van der Waals surface area contributed by atoms with E-state index in [1.165, 1.54) is 0 Å². The van der Waals surface area contributed by atoms with Gasteiger partial charge < -0.3 is 9.47 Å². The van der Waals surface area contributed by atoms with Gasteiger partial charge >= 0.3 is 5.97 Å². The van der Waals surface area contributed by atoms with Crippen LogP contribution in [0.15, 0.2) is 47.3 Å². The number of benzene rings is 2. The van der Waals surface area contributed by atoms with Crippen LogP contribution in [0.1, 0.15) is 41.0 Å². The molecule has 0 radical (unpaired) electrons. The van der Waals surface area contributed by atoms with E-state index in [9.17, 15) is 9.59 Å². The van der Waals surface area contributed by atoms with E-state index in [0.717, 1.165) is 42.8 Å². The molecule has 0 unspecified atom stereocenters. The number of hydrogen-bond acceptors (Lipinski definition) is 5. The molecule has 0 atom stereocenters. The van der Waals surface area contributed by atoms with Crippen molar-refractivity contribution < 1.29 is 14.3 Å². The second-order valence-electron chi connectivity index (χ2n) is 7.32. The molecule has 1 aromatic heterocycles. The smallest absolute Gasteiger partial charge is 0.338 e. The Bertz CT molecular complexity index is 1090. The van der Waals surface area contributed by atoms with Gasteiger partial charge in [-0.1, -0.05) is 24.1 Å². The molecule has 0 saturated heterocycles. The maximum Gasteiger partial charge on any atom is 0.338 e. The van der Waals surface area contributed by atoms with Crippen molar-refractivity contribution in [3.63, 3.8) is 0 Å². The lowest BCUT2D eigenvalue weighted by Gasteiger charge is -2.11. The second-order valence-corrected chi connectivity index (χ2v) is 7.32. The second kappa shape index (κ2) is 8.47. The van der Waals surface area contributed by atoms with Crippen LogP contribution in [0.2, 0.25) is 0 Å². The van der Waals surface area contributed by atoms with E-state index in [2.05, 4.69) is 4.98 Å². The van der Waals surface area contributed by atoms with E-state index < -0.39 is 5.97 Å². The van der Waals surface area contributed by atoms with E-state index in [4.69, 9.17) is 9.47 Å². The molecule has 1 aliphatic rings. The molecule has 2 aromatic carbocycles. The third-order valence-electron chi connectivity index (χ3n) is 5.16. The Kier molecular flexibility index (Phi) is 5.60. The molecule has 0 spiro atoms. The predicted molar refractivity (Wildman–Crippen MR) is 111 cm³/mol. The van der Waals surface area contributed by atoms with Crippen LogP contribution in [0.3, 0.4) is 0 Å². The molecule has 6 nitrogen and oxygen atoms in total. The van der Waals surface area contributed by atoms with Gasteiger partial charge in [0.2, 0.25) is 0 Å². The molecular weight excluding hydrogens is 368 g/mol. The van der Waals surface area contributed by atoms with Gasteiger partial charge in [0, 0.05) is 13.0 Å². The minimum absolute atomic E-state index is 0.0293. The van der Waals surface area contributed by atoms with Gasteiger partial charge in [-0.2, -0.15) is 0 Å². The van der Waals surface area contributed by atoms with Crippen LogP contribution in [0.25, 0.3) is 10.9 Å². The van der Waals surface area contributed by atoms with Gasteiger partial charge in [-0.15, -0.1) is 0 Å². The van der Waals surface area contributed by atoms with Crippen LogP contribution in [0.4, 0.5) is 0 Å². The number of rotatable bonds is 5. The first-order valence-electron chi connectivity index (χ1n) is 10.0. The molecule has 0 aliphatic carbocycles. The van der Waals surface area contributed by atoms with Crippen LogP contribution in [0.5, 0.6) is 5.75 Å². The van der Waals surface area contributed by atoms with E-state index in [0.29, 0.717) is 23.0 Å². The van der Waals surface area contributed by atoms with Gasteiger partial charge in [0.05, 0.1) is 16.5 Å². The summed E-state index contributed by atoms with van der Waals surface area (Å²) in [5.41, 5.74) is 2.07.